The standard InChI is InChI=1S/C22H24N2O2S/c1-2-3-4-5-6-12-26-19-9-7-8-17(13-19)15-23-22(25)18-10-11-20-21(14-18)27-16-24-20/h4-5,7-11,13-14,16H,2-3,6,12,15H2,1H3,(H,23,25). The summed E-state index contributed by atoms with van der Waals surface area (Å²) >= 11 is 1.54. The van der Waals surface area contributed by atoms with Crippen LogP contribution in [0.5, 0.6) is 5.75 Å². The Morgan fingerprint density at radius 1 is 1.19 bits per heavy atom. The van der Waals surface area contributed by atoms with Crippen LogP contribution in [0.3, 0.4) is 0 Å². The van der Waals surface area contributed by atoms with Crippen molar-refractivity contribution in [2.75, 3.05) is 6.61 Å². The summed E-state index contributed by atoms with van der Waals surface area (Å²) in [6.07, 6.45) is 7.54. The smallest absolute Gasteiger partial charge is 0.251 e. The molecule has 0 saturated carbocycles. The lowest BCUT2D eigenvalue weighted by Gasteiger charge is -2.09. The summed E-state index contributed by atoms with van der Waals surface area (Å²) < 4.78 is 6.81. The van der Waals surface area contributed by atoms with Gasteiger partial charge in [-0.25, -0.2) is 4.98 Å². The fourth-order valence-corrected chi connectivity index (χ4v) is 3.39. The summed E-state index contributed by atoms with van der Waals surface area (Å²) in [5, 5.41) is 2.97. The SMILES string of the molecule is CCCC=CCCOc1cccc(CNC(=O)c2ccc3ncsc3c2)c1. The second-order valence-corrected chi connectivity index (χ2v) is 7.15. The molecule has 1 heterocycles. The molecule has 0 atom stereocenters. The zero-order valence-corrected chi connectivity index (χ0v) is 16.3. The van der Waals surface area contributed by atoms with E-state index in [1.165, 1.54) is 17.8 Å². The van der Waals surface area contributed by atoms with Gasteiger partial charge in [0.15, 0.2) is 0 Å². The number of rotatable bonds is 9. The van der Waals surface area contributed by atoms with Crippen LogP contribution in [0, 0.1) is 0 Å². The molecule has 0 radical (unpaired) electrons. The Bertz CT molecular complexity index is 917. The van der Waals surface area contributed by atoms with E-state index in [1.807, 2.05) is 42.5 Å². The largest absolute Gasteiger partial charge is 0.493 e. The fraction of sp³-hybridized carbons (Fsp3) is 0.273. The highest BCUT2D eigenvalue weighted by Crippen LogP contribution is 2.19. The molecular weight excluding hydrogens is 356 g/mol. The topological polar surface area (TPSA) is 51.2 Å². The number of fused-ring (bicyclic) bond motifs is 1. The third-order valence-corrected chi connectivity index (χ3v) is 4.91. The minimum absolute atomic E-state index is 0.0855. The number of thiazole rings is 1. The van der Waals surface area contributed by atoms with E-state index in [2.05, 4.69) is 29.4 Å². The van der Waals surface area contributed by atoms with Gasteiger partial charge >= 0.3 is 0 Å². The first kappa shape index (κ1) is 19.1. The molecule has 0 spiro atoms. The van der Waals surface area contributed by atoms with Crippen molar-refractivity contribution >= 4 is 27.5 Å². The first-order valence-electron chi connectivity index (χ1n) is 9.24. The molecule has 0 saturated heterocycles. The molecule has 0 fully saturated rings. The lowest BCUT2D eigenvalue weighted by molar-refractivity contribution is 0.0951. The number of amides is 1. The van der Waals surface area contributed by atoms with E-state index in [9.17, 15) is 4.79 Å². The van der Waals surface area contributed by atoms with Gasteiger partial charge < -0.3 is 10.1 Å². The number of allylic oxidation sites excluding steroid dienone is 1. The van der Waals surface area contributed by atoms with Gasteiger partial charge in [-0.2, -0.15) is 0 Å². The van der Waals surface area contributed by atoms with Crippen LogP contribution in [0.25, 0.3) is 10.2 Å². The number of nitrogens with zero attached hydrogens (tertiary/aromatic N) is 1. The third-order valence-electron chi connectivity index (χ3n) is 4.12. The number of carbonyl (C=O) groups is 1. The maximum atomic E-state index is 12.4. The number of carbonyl (C=O) groups excluding carboxylic acids is 1. The molecule has 1 aromatic heterocycles. The average molecular weight is 381 g/mol. The molecule has 5 heteroatoms. The molecule has 27 heavy (non-hydrogen) atoms. The Morgan fingerprint density at radius 3 is 2.96 bits per heavy atom. The molecular formula is C22H24N2O2S. The van der Waals surface area contributed by atoms with Crippen molar-refractivity contribution in [1.29, 1.82) is 0 Å². The normalized spacial score (nSPS) is 11.1. The second kappa shape index (κ2) is 9.88. The highest BCUT2D eigenvalue weighted by atomic mass is 32.1. The molecule has 0 unspecified atom stereocenters. The third kappa shape index (κ3) is 5.66. The number of unbranched alkanes of at least 4 members (excludes halogenated alkanes) is 1. The molecule has 0 bridgehead atoms. The minimum atomic E-state index is -0.0855. The summed E-state index contributed by atoms with van der Waals surface area (Å²) in [6, 6.07) is 13.4. The van der Waals surface area contributed by atoms with Gasteiger partial charge in [-0.05, 0) is 48.7 Å². The second-order valence-electron chi connectivity index (χ2n) is 6.26. The van der Waals surface area contributed by atoms with Crippen LogP contribution in [-0.4, -0.2) is 17.5 Å². The molecule has 3 aromatic rings. The van der Waals surface area contributed by atoms with E-state index in [1.54, 1.807) is 5.51 Å². The monoisotopic (exact) mass is 380 g/mol. The zero-order valence-electron chi connectivity index (χ0n) is 15.5. The Kier molecular flexibility index (Phi) is 6.99. The molecule has 0 aliphatic rings. The number of hydrogen-bond acceptors (Lipinski definition) is 4. The van der Waals surface area contributed by atoms with Crippen LogP contribution in [0.2, 0.25) is 0 Å². The van der Waals surface area contributed by atoms with Crippen molar-refractivity contribution in [3.8, 4) is 5.75 Å². The van der Waals surface area contributed by atoms with Crippen molar-refractivity contribution in [2.45, 2.75) is 32.7 Å². The first-order valence-corrected chi connectivity index (χ1v) is 10.1. The molecule has 0 aliphatic heterocycles. The number of nitrogens with one attached hydrogen (secondary N) is 1. The van der Waals surface area contributed by atoms with E-state index < -0.39 is 0 Å². The minimum Gasteiger partial charge on any atom is -0.493 e. The van der Waals surface area contributed by atoms with Gasteiger partial charge in [0.2, 0.25) is 0 Å². The van der Waals surface area contributed by atoms with Crippen molar-refractivity contribution in [2.24, 2.45) is 0 Å². The van der Waals surface area contributed by atoms with Crippen molar-refractivity contribution in [3.63, 3.8) is 0 Å². The zero-order chi connectivity index (χ0) is 18.9. The Morgan fingerprint density at radius 2 is 2.07 bits per heavy atom. The molecule has 4 nitrogen and oxygen atoms in total. The van der Waals surface area contributed by atoms with Gasteiger partial charge in [-0.15, -0.1) is 11.3 Å². The summed E-state index contributed by atoms with van der Waals surface area (Å²) in [6.45, 7) is 3.29. The van der Waals surface area contributed by atoms with Crippen LogP contribution in [-0.2, 0) is 6.54 Å². The van der Waals surface area contributed by atoms with E-state index >= 15 is 0 Å². The van der Waals surface area contributed by atoms with Crippen LogP contribution in [0.4, 0.5) is 0 Å². The predicted molar refractivity (Wildman–Crippen MR) is 111 cm³/mol. The van der Waals surface area contributed by atoms with Crippen LogP contribution in [0.15, 0.2) is 60.1 Å². The van der Waals surface area contributed by atoms with Gasteiger partial charge in [0.25, 0.3) is 5.91 Å². The highest BCUT2D eigenvalue weighted by Gasteiger charge is 2.07. The molecule has 140 valence electrons. The Balaban J connectivity index is 1.50. The van der Waals surface area contributed by atoms with Gasteiger partial charge in [-0.3, -0.25) is 4.79 Å². The molecule has 0 aliphatic carbocycles. The van der Waals surface area contributed by atoms with Crippen LogP contribution in [0.1, 0.15) is 42.1 Å². The Labute approximate surface area is 163 Å². The highest BCUT2D eigenvalue weighted by molar-refractivity contribution is 7.16. The van der Waals surface area contributed by atoms with E-state index in [0.717, 1.165) is 34.4 Å². The van der Waals surface area contributed by atoms with Crippen molar-refractivity contribution < 1.29 is 9.53 Å². The van der Waals surface area contributed by atoms with Crippen molar-refractivity contribution in [1.82, 2.24) is 10.3 Å². The van der Waals surface area contributed by atoms with Gasteiger partial charge in [-0.1, -0.05) is 37.6 Å². The molecule has 1 N–H and O–H groups in total. The quantitative estimate of drug-likeness (QED) is 0.402. The summed E-state index contributed by atoms with van der Waals surface area (Å²) in [4.78, 5) is 16.6. The molecule has 2 aromatic carbocycles. The molecule has 1 amide bonds. The number of ether oxygens (including phenoxy) is 1. The van der Waals surface area contributed by atoms with Crippen LogP contribution < -0.4 is 10.1 Å². The van der Waals surface area contributed by atoms with E-state index in [4.69, 9.17) is 4.74 Å². The average Bonchev–Trinajstić information content (AvgIpc) is 3.17. The van der Waals surface area contributed by atoms with E-state index in [-0.39, 0.29) is 5.91 Å². The molecule has 3 rings (SSSR count). The van der Waals surface area contributed by atoms with Gasteiger partial charge in [0.1, 0.15) is 5.75 Å². The van der Waals surface area contributed by atoms with Crippen LogP contribution >= 0.6 is 11.3 Å². The lowest BCUT2D eigenvalue weighted by atomic mass is 10.2. The van der Waals surface area contributed by atoms with Crippen molar-refractivity contribution in [3.05, 3.63) is 71.3 Å². The fourth-order valence-electron chi connectivity index (χ4n) is 2.67. The predicted octanol–water partition coefficient (Wildman–Crippen LogP) is 5.35. The number of benzene rings is 2. The Hall–Kier alpha value is -2.66. The number of aromatic nitrogens is 1. The maximum absolute atomic E-state index is 12.4. The summed E-state index contributed by atoms with van der Waals surface area (Å²) in [5.41, 5.74) is 4.38. The number of hydrogen-bond donors (Lipinski definition) is 1. The van der Waals surface area contributed by atoms with Gasteiger partial charge in [0, 0.05) is 12.1 Å². The summed E-state index contributed by atoms with van der Waals surface area (Å²) in [7, 11) is 0. The first-order chi connectivity index (χ1) is 13.3. The van der Waals surface area contributed by atoms with Gasteiger partial charge in [0.05, 0.1) is 22.3 Å². The van der Waals surface area contributed by atoms with E-state index in [0.29, 0.717) is 18.7 Å². The lowest BCUT2D eigenvalue weighted by Crippen LogP contribution is -2.22. The summed E-state index contributed by atoms with van der Waals surface area (Å²) in [5.74, 6) is 0.745. The maximum Gasteiger partial charge on any atom is 0.251 e.